The quantitative estimate of drug-likeness (QED) is 0.218. The summed E-state index contributed by atoms with van der Waals surface area (Å²) in [5.74, 6) is 1.35. The van der Waals surface area contributed by atoms with Crippen LogP contribution in [0.15, 0.2) is 71.7 Å². The molecule has 0 aliphatic heterocycles. The van der Waals surface area contributed by atoms with E-state index in [1.165, 1.54) is 27.9 Å². The second kappa shape index (κ2) is 11.6. The Morgan fingerprint density at radius 2 is 1.07 bits per heavy atom. The van der Waals surface area contributed by atoms with Gasteiger partial charge in [0.2, 0.25) is 0 Å². The van der Waals surface area contributed by atoms with Crippen LogP contribution in [-0.2, 0) is 0 Å². The summed E-state index contributed by atoms with van der Waals surface area (Å²) in [6.45, 7) is 24.7. The summed E-state index contributed by atoms with van der Waals surface area (Å²) in [5, 5.41) is 5.52. The molecular formula is C36H48N4. The second-order valence-electron chi connectivity index (χ2n) is 13.2. The average Bonchev–Trinajstić information content (AvgIpc) is 3.24. The first-order valence-corrected chi connectivity index (χ1v) is 14.9. The van der Waals surface area contributed by atoms with Crippen molar-refractivity contribution in [1.82, 2.24) is 9.90 Å². The number of benzene rings is 3. The van der Waals surface area contributed by atoms with Crippen molar-refractivity contribution in [1.29, 1.82) is 0 Å². The van der Waals surface area contributed by atoms with Crippen molar-refractivity contribution < 1.29 is 4.68 Å². The maximum Gasteiger partial charge on any atom is 0.255 e. The molecule has 40 heavy (non-hydrogen) atoms. The van der Waals surface area contributed by atoms with Crippen LogP contribution in [0.3, 0.4) is 0 Å². The first-order chi connectivity index (χ1) is 18.8. The zero-order chi connectivity index (χ0) is 29.4. The molecule has 4 aromatic rings. The van der Waals surface area contributed by atoms with Crippen LogP contribution >= 0.6 is 0 Å². The lowest BCUT2D eigenvalue weighted by molar-refractivity contribution is -0.657. The lowest BCUT2D eigenvalue weighted by Gasteiger charge is -2.22. The SMILES string of the molecule is CC(C)c1cccc(C(C)C)c1-n1[n-][n+](-c2c(C(C)C)cccc2C(C)C)c(-c2ccccc2)c1=NC(C)(C)C. The highest BCUT2D eigenvalue weighted by Gasteiger charge is 2.27. The molecule has 0 saturated carbocycles. The summed E-state index contributed by atoms with van der Waals surface area (Å²) in [6.07, 6.45) is 0. The van der Waals surface area contributed by atoms with E-state index in [1.807, 2.05) is 0 Å². The Bertz CT molecular complexity index is 1470. The third-order valence-electron chi connectivity index (χ3n) is 7.40. The summed E-state index contributed by atoms with van der Waals surface area (Å²) in [4.78, 5) is 5.42. The van der Waals surface area contributed by atoms with Crippen molar-refractivity contribution >= 4 is 0 Å². The maximum atomic E-state index is 5.52. The van der Waals surface area contributed by atoms with E-state index in [0.29, 0.717) is 23.7 Å². The molecular weight excluding hydrogens is 488 g/mol. The van der Waals surface area contributed by atoms with Gasteiger partial charge in [0, 0.05) is 27.8 Å². The Kier molecular flexibility index (Phi) is 8.58. The van der Waals surface area contributed by atoms with Crippen LogP contribution in [0.4, 0.5) is 0 Å². The van der Waals surface area contributed by atoms with Gasteiger partial charge >= 0.3 is 0 Å². The normalized spacial score (nSPS) is 12.9. The summed E-state index contributed by atoms with van der Waals surface area (Å²) >= 11 is 0. The number of para-hydroxylation sites is 2. The molecule has 212 valence electrons. The molecule has 0 aliphatic carbocycles. The van der Waals surface area contributed by atoms with Gasteiger partial charge < -0.3 is 5.21 Å². The Balaban J connectivity index is 2.32. The van der Waals surface area contributed by atoms with E-state index in [1.54, 1.807) is 0 Å². The summed E-state index contributed by atoms with van der Waals surface area (Å²) in [6, 6.07) is 24.1. The monoisotopic (exact) mass is 536 g/mol. The molecule has 0 amide bonds. The van der Waals surface area contributed by atoms with Gasteiger partial charge in [0.05, 0.1) is 5.54 Å². The first-order valence-electron chi connectivity index (χ1n) is 14.9. The van der Waals surface area contributed by atoms with E-state index in [2.05, 4.69) is 152 Å². The van der Waals surface area contributed by atoms with Crippen LogP contribution in [-0.4, -0.2) is 10.2 Å². The number of aromatic nitrogens is 3. The van der Waals surface area contributed by atoms with Gasteiger partial charge in [-0.05, 0) is 44.4 Å². The first kappa shape index (κ1) is 29.6. The van der Waals surface area contributed by atoms with Gasteiger partial charge in [-0.25, -0.2) is 4.99 Å². The van der Waals surface area contributed by atoms with Gasteiger partial charge in [0.15, 0.2) is 5.69 Å². The van der Waals surface area contributed by atoms with Crippen LogP contribution < -0.4 is 15.4 Å². The van der Waals surface area contributed by atoms with Crippen LogP contribution in [0.2, 0.25) is 0 Å². The van der Waals surface area contributed by atoms with Gasteiger partial charge in [-0.1, -0.05) is 122 Å². The van der Waals surface area contributed by atoms with Crippen molar-refractivity contribution in [2.24, 2.45) is 4.99 Å². The van der Waals surface area contributed by atoms with E-state index >= 15 is 0 Å². The number of hydrogen-bond acceptors (Lipinski definition) is 1. The third-order valence-corrected chi connectivity index (χ3v) is 7.40. The van der Waals surface area contributed by atoms with Crippen molar-refractivity contribution in [2.45, 2.75) is 105 Å². The third kappa shape index (κ3) is 5.87. The fourth-order valence-electron chi connectivity index (χ4n) is 5.46. The molecule has 0 atom stereocenters. The predicted molar refractivity (Wildman–Crippen MR) is 168 cm³/mol. The fourth-order valence-corrected chi connectivity index (χ4v) is 5.46. The highest BCUT2D eigenvalue weighted by molar-refractivity contribution is 5.59. The second-order valence-corrected chi connectivity index (χ2v) is 13.2. The molecule has 0 radical (unpaired) electrons. The minimum atomic E-state index is -0.303. The molecule has 1 heterocycles. The maximum absolute atomic E-state index is 5.52. The Morgan fingerprint density at radius 1 is 0.625 bits per heavy atom. The molecule has 0 aliphatic rings. The average molecular weight is 537 g/mol. The molecule has 4 rings (SSSR count). The molecule has 3 aromatic carbocycles. The van der Waals surface area contributed by atoms with Gasteiger partial charge in [-0.3, -0.25) is 9.36 Å². The van der Waals surface area contributed by atoms with Crippen molar-refractivity contribution in [3.63, 3.8) is 0 Å². The topological polar surface area (TPSA) is 35.3 Å². The van der Waals surface area contributed by atoms with Gasteiger partial charge in [-0.15, -0.1) is 0 Å². The molecule has 0 N–H and O–H groups in total. The van der Waals surface area contributed by atoms with Crippen LogP contribution in [0.1, 0.15) is 122 Å². The van der Waals surface area contributed by atoms with Gasteiger partial charge in [-0.2, -0.15) is 0 Å². The summed E-state index contributed by atoms with van der Waals surface area (Å²) < 4.78 is 4.35. The fraction of sp³-hybridized carbons (Fsp3) is 0.444. The molecule has 4 nitrogen and oxygen atoms in total. The molecule has 1 aromatic heterocycles. The Morgan fingerprint density at radius 3 is 1.50 bits per heavy atom. The zero-order valence-electron chi connectivity index (χ0n) is 26.4. The highest BCUT2D eigenvalue weighted by atomic mass is 15.5. The van der Waals surface area contributed by atoms with E-state index in [-0.39, 0.29) is 5.54 Å². The van der Waals surface area contributed by atoms with Crippen molar-refractivity contribution in [2.75, 3.05) is 0 Å². The molecule has 0 saturated heterocycles. The smallest absolute Gasteiger partial charge is 0.255 e. The van der Waals surface area contributed by atoms with E-state index < -0.39 is 0 Å². The van der Waals surface area contributed by atoms with Crippen molar-refractivity contribution in [3.05, 3.63) is 94.5 Å². The molecule has 0 spiro atoms. The number of nitrogens with zero attached hydrogens (tertiary/aromatic N) is 4. The Labute approximate surface area is 241 Å². The molecule has 0 fully saturated rings. The van der Waals surface area contributed by atoms with Gasteiger partial charge in [0.1, 0.15) is 11.4 Å². The number of rotatable bonds is 7. The van der Waals surface area contributed by atoms with E-state index in [9.17, 15) is 0 Å². The Hall–Kier alpha value is -3.40. The lowest BCUT2D eigenvalue weighted by Crippen LogP contribution is -2.41. The van der Waals surface area contributed by atoms with E-state index in [4.69, 9.17) is 10.2 Å². The van der Waals surface area contributed by atoms with Crippen LogP contribution in [0.5, 0.6) is 0 Å². The summed E-state index contributed by atoms with van der Waals surface area (Å²) in [5.41, 5.74) is 10.2. The molecule has 0 bridgehead atoms. The minimum Gasteiger partial charge on any atom is -0.334 e. The zero-order valence-corrected chi connectivity index (χ0v) is 26.4. The van der Waals surface area contributed by atoms with Gasteiger partial charge in [0.25, 0.3) is 5.49 Å². The van der Waals surface area contributed by atoms with Crippen molar-refractivity contribution in [3.8, 4) is 22.6 Å². The molecule has 0 unspecified atom stereocenters. The van der Waals surface area contributed by atoms with Crippen LogP contribution in [0.25, 0.3) is 22.6 Å². The van der Waals surface area contributed by atoms with Crippen LogP contribution in [0, 0.1) is 0 Å². The predicted octanol–water partition coefficient (Wildman–Crippen LogP) is 8.57. The largest absolute Gasteiger partial charge is 0.334 e. The summed E-state index contributed by atoms with van der Waals surface area (Å²) in [7, 11) is 0. The number of hydrogen-bond donors (Lipinski definition) is 0. The molecule has 4 heteroatoms. The lowest BCUT2D eigenvalue weighted by atomic mass is 9.92. The minimum absolute atomic E-state index is 0.303. The highest BCUT2D eigenvalue weighted by Crippen LogP contribution is 2.32. The van der Waals surface area contributed by atoms with E-state index in [0.717, 1.165) is 22.4 Å². The standard InChI is InChI=1S/C36H48N4/c1-23(2)28-19-15-20-29(24(3)4)33(28)39-32(27-17-13-12-14-18-27)35(37-36(9,10)11)40(38-39)34-30(25(5)6)21-16-22-31(34)26(7)8/h12-26H,1-11H3.